The van der Waals surface area contributed by atoms with Gasteiger partial charge in [0.05, 0.1) is 5.60 Å². The van der Waals surface area contributed by atoms with Crippen LogP contribution in [0.3, 0.4) is 0 Å². The van der Waals surface area contributed by atoms with Gasteiger partial charge in [0.25, 0.3) is 0 Å². The van der Waals surface area contributed by atoms with Crippen molar-refractivity contribution in [3.05, 3.63) is 34.9 Å². The van der Waals surface area contributed by atoms with Gasteiger partial charge in [0.1, 0.15) is 11.5 Å². The summed E-state index contributed by atoms with van der Waals surface area (Å²) in [6.45, 7) is 3.05. The normalized spacial score (nSPS) is 25.7. The fraction of sp³-hybridized carbons (Fsp3) is 0.556. The van der Waals surface area contributed by atoms with Gasteiger partial charge < -0.3 is 15.3 Å². The Labute approximate surface area is 131 Å². The quantitative estimate of drug-likeness (QED) is 0.741. The SMILES string of the molecule is [2H]C([2H])([2H])C1=C[C@H](c2c(O)cc(CC)cc2O)C(C(C)(C)O)CC1. The molecule has 1 aromatic carbocycles. The van der Waals surface area contributed by atoms with Crippen LogP contribution in [-0.4, -0.2) is 20.9 Å². The lowest BCUT2D eigenvalue weighted by Gasteiger charge is -2.38. The number of phenolic OH excluding ortho intramolecular Hbond substituents is 2. The van der Waals surface area contributed by atoms with E-state index in [-0.39, 0.29) is 17.4 Å². The van der Waals surface area contributed by atoms with E-state index in [0.29, 0.717) is 30.4 Å². The zero-order valence-electron chi connectivity index (χ0n) is 15.8. The first kappa shape index (κ1) is 12.1. The van der Waals surface area contributed by atoms with E-state index in [1.54, 1.807) is 32.1 Å². The van der Waals surface area contributed by atoms with Gasteiger partial charge >= 0.3 is 0 Å². The van der Waals surface area contributed by atoms with Gasteiger partial charge in [-0.05, 0) is 63.6 Å². The summed E-state index contributed by atoms with van der Waals surface area (Å²) in [6.07, 6.45) is 3.11. The number of aryl methyl sites for hydroxylation is 1. The van der Waals surface area contributed by atoms with Gasteiger partial charge in [0.15, 0.2) is 0 Å². The molecule has 2 atom stereocenters. The molecular formula is C18H26O3. The Morgan fingerprint density at radius 2 is 1.90 bits per heavy atom. The molecule has 0 radical (unpaired) electrons. The third-order valence-corrected chi connectivity index (χ3v) is 4.38. The fourth-order valence-corrected chi connectivity index (χ4v) is 3.21. The second-order valence-corrected chi connectivity index (χ2v) is 6.42. The van der Waals surface area contributed by atoms with E-state index in [2.05, 4.69) is 0 Å². The largest absolute Gasteiger partial charge is 0.507 e. The van der Waals surface area contributed by atoms with Crippen LogP contribution in [-0.2, 0) is 6.42 Å². The van der Waals surface area contributed by atoms with Crippen molar-refractivity contribution in [2.24, 2.45) is 5.92 Å². The second-order valence-electron chi connectivity index (χ2n) is 6.42. The number of hydrogen-bond acceptors (Lipinski definition) is 3. The molecule has 0 amide bonds. The standard InChI is InChI=1S/C18H26O3/c1-5-12-9-15(19)17(16(20)10-12)13-8-11(2)6-7-14(13)18(3,4)21/h8-10,13-14,19-21H,5-7H2,1-4H3/t13-,14?/m0/s1/i2D3. The molecule has 1 aliphatic rings. The van der Waals surface area contributed by atoms with Gasteiger partial charge in [0, 0.05) is 15.6 Å². The van der Waals surface area contributed by atoms with Gasteiger partial charge in [-0.1, -0.05) is 18.6 Å². The number of aromatic hydroxyl groups is 2. The molecule has 21 heavy (non-hydrogen) atoms. The summed E-state index contributed by atoms with van der Waals surface area (Å²) in [6, 6.07) is 3.18. The minimum absolute atomic E-state index is 0.0610. The Morgan fingerprint density at radius 1 is 1.29 bits per heavy atom. The molecule has 0 fully saturated rings. The van der Waals surface area contributed by atoms with Gasteiger partial charge in [-0.25, -0.2) is 0 Å². The Hall–Kier alpha value is -1.48. The van der Waals surface area contributed by atoms with Crippen LogP contribution >= 0.6 is 0 Å². The van der Waals surface area contributed by atoms with Gasteiger partial charge in [-0.2, -0.15) is 0 Å². The molecule has 1 aromatic rings. The average molecular weight is 293 g/mol. The predicted octanol–water partition coefficient (Wildman–Crippen LogP) is 3.87. The van der Waals surface area contributed by atoms with E-state index in [0.717, 1.165) is 5.56 Å². The smallest absolute Gasteiger partial charge is 0.123 e. The summed E-state index contributed by atoms with van der Waals surface area (Å²) in [4.78, 5) is 0. The first-order chi connectivity index (χ1) is 10.9. The van der Waals surface area contributed by atoms with Crippen LogP contribution in [0.25, 0.3) is 0 Å². The molecule has 0 aliphatic heterocycles. The minimum atomic E-state index is -2.21. The van der Waals surface area contributed by atoms with Crippen molar-refractivity contribution in [3.63, 3.8) is 0 Å². The van der Waals surface area contributed by atoms with Crippen molar-refractivity contribution in [1.29, 1.82) is 0 Å². The molecule has 0 aromatic heterocycles. The highest BCUT2D eigenvalue weighted by molar-refractivity contribution is 5.51. The van der Waals surface area contributed by atoms with Crippen LogP contribution in [0.4, 0.5) is 0 Å². The molecule has 116 valence electrons. The zero-order chi connectivity index (χ0) is 18.3. The molecule has 0 heterocycles. The molecule has 3 nitrogen and oxygen atoms in total. The van der Waals surface area contributed by atoms with Crippen molar-refractivity contribution in [3.8, 4) is 11.5 Å². The highest BCUT2D eigenvalue weighted by Crippen LogP contribution is 2.47. The monoisotopic (exact) mass is 293 g/mol. The van der Waals surface area contributed by atoms with Crippen LogP contribution in [0, 0.1) is 5.92 Å². The third kappa shape index (κ3) is 3.24. The lowest BCUT2D eigenvalue weighted by Crippen LogP contribution is -2.36. The maximum atomic E-state index is 10.5. The first-order valence-corrected chi connectivity index (χ1v) is 7.43. The molecule has 1 aliphatic carbocycles. The van der Waals surface area contributed by atoms with E-state index < -0.39 is 18.4 Å². The number of phenols is 2. The van der Waals surface area contributed by atoms with Gasteiger partial charge in [-0.15, -0.1) is 0 Å². The Balaban J connectivity index is 2.60. The average Bonchev–Trinajstić information content (AvgIpc) is 2.44. The maximum absolute atomic E-state index is 10.5. The summed E-state index contributed by atoms with van der Waals surface area (Å²) in [5.41, 5.74) is 0.334. The summed E-state index contributed by atoms with van der Waals surface area (Å²) in [7, 11) is 0. The van der Waals surface area contributed by atoms with Crippen LogP contribution in [0.1, 0.15) is 61.6 Å². The van der Waals surface area contributed by atoms with E-state index in [1.165, 1.54) is 0 Å². The fourth-order valence-electron chi connectivity index (χ4n) is 3.21. The Bertz CT molecular complexity index is 619. The van der Waals surface area contributed by atoms with Crippen LogP contribution in [0.15, 0.2) is 23.8 Å². The molecule has 2 rings (SSSR count). The van der Waals surface area contributed by atoms with Crippen molar-refractivity contribution < 1.29 is 19.4 Å². The third-order valence-electron chi connectivity index (χ3n) is 4.38. The van der Waals surface area contributed by atoms with E-state index in [4.69, 9.17) is 4.11 Å². The molecular weight excluding hydrogens is 264 g/mol. The first-order valence-electron chi connectivity index (χ1n) is 8.93. The lowest BCUT2D eigenvalue weighted by atomic mass is 9.69. The number of aliphatic hydroxyl groups is 1. The highest BCUT2D eigenvalue weighted by atomic mass is 16.3. The molecule has 3 heteroatoms. The molecule has 0 spiro atoms. The molecule has 3 N–H and O–H groups in total. The predicted molar refractivity (Wildman–Crippen MR) is 84.7 cm³/mol. The van der Waals surface area contributed by atoms with E-state index in [1.807, 2.05) is 6.92 Å². The molecule has 1 unspecified atom stereocenters. The van der Waals surface area contributed by atoms with Crippen LogP contribution in [0.2, 0.25) is 0 Å². The van der Waals surface area contributed by atoms with Crippen LogP contribution < -0.4 is 0 Å². The number of hydrogen-bond donors (Lipinski definition) is 3. The molecule has 0 saturated heterocycles. The van der Waals surface area contributed by atoms with Gasteiger partial charge in [-0.3, -0.25) is 0 Å². The topological polar surface area (TPSA) is 60.7 Å². The minimum Gasteiger partial charge on any atom is -0.507 e. The van der Waals surface area contributed by atoms with Crippen molar-refractivity contribution in [2.45, 2.75) is 58.4 Å². The summed E-state index contributed by atoms with van der Waals surface area (Å²) in [5.74, 6) is -0.976. The summed E-state index contributed by atoms with van der Waals surface area (Å²) < 4.78 is 22.9. The summed E-state index contributed by atoms with van der Waals surface area (Å²) >= 11 is 0. The maximum Gasteiger partial charge on any atom is 0.123 e. The van der Waals surface area contributed by atoms with Crippen molar-refractivity contribution in [1.82, 2.24) is 0 Å². The summed E-state index contributed by atoms with van der Waals surface area (Å²) in [5, 5.41) is 31.3. The Kier molecular flexibility index (Phi) is 3.30. The van der Waals surface area contributed by atoms with E-state index in [9.17, 15) is 15.3 Å². The number of allylic oxidation sites excluding steroid dienone is 2. The van der Waals surface area contributed by atoms with Crippen molar-refractivity contribution >= 4 is 0 Å². The van der Waals surface area contributed by atoms with Crippen LogP contribution in [0.5, 0.6) is 11.5 Å². The van der Waals surface area contributed by atoms with E-state index >= 15 is 0 Å². The number of benzene rings is 1. The second kappa shape index (κ2) is 5.72. The highest BCUT2D eigenvalue weighted by Gasteiger charge is 2.38. The van der Waals surface area contributed by atoms with Gasteiger partial charge in [0.2, 0.25) is 0 Å². The molecule has 0 bridgehead atoms. The zero-order valence-corrected chi connectivity index (χ0v) is 12.8. The Morgan fingerprint density at radius 3 is 2.38 bits per heavy atom. The lowest BCUT2D eigenvalue weighted by molar-refractivity contribution is 0.00421. The molecule has 0 saturated carbocycles. The number of rotatable bonds is 3. The van der Waals surface area contributed by atoms with Crippen molar-refractivity contribution in [2.75, 3.05) is 0 Å².